The van der Waals surface area contributed by atoms with Crippen LogP contribution in [-0.4, -0.2) is 55.9 Å². The van der Waals surface area contributed by atoms with Crippen molar-refractivity contribution in [3.05, 3.63) is 36.1 Å². The van der Waals surface area contributed by atoms with Crippen LogP contribution in [0.25, 0.3) is 0 Å². The number of nitrogens with zero attached hydrogens (tertiary/aromatic N) is 2. The molecule has 2 saturated heterocycles. The molecule has 2 heterocycles. The first-order chi connectivity index (χ1) is 12.1. The molecule has 1 amide bonds. The first kappa shape index (κ1) is 19.6. The summed E-state index contributed by atoms with van der Waals surface area (Å²) < 4.78 is 5.29. The van der Waals surface area contributed by atoms with Crippen molar-refractivity contribution in [3.8, 4) is 0 Å². The standard InChI is InChI=1S/C20H31N3O2/c1-4-25-15-17(3)22-16(2)9-8-10-18-13-21-14-19(18)20(24)23-11-6-5-7-12-23/h8-10,19,21H,3-7,11-15H2,1-2H3/b9-8-,18-10-,22-16?. The number of carbonyl (C=O) groups excluding carboxylic acids is 1. The SMILES string of the molecule is C=C(COCC)N=C(C)/C=C\C=C1\CNCC1C(=O)N1CCCCC1. The van der Waals surface area contributed by atoms with E-state index in [1.807, 2.05) is 30.9 Å². The molecule has 0 aliphatic carbocycles. The molecule has 2 rings (SSSR count). The predicted octanol–water partition coefficient (Wildman–Crippen LogP) is 2.71. The van der Waals surface area contributed by atoms with Gasteiger partial charge in [0.05, 0.1) is 18.2 Å². The van der Waals surface area contributed by atoms with E-state index < -0.39 is 0 Å². The lowest BCUT2D eigenvalue weighted by molar-refractivity contribution is -0.134. The van der Waals surface area contributed by atoms with Crippen molar-refractivity contribution in [2.75, 3.05) is 39.4 Å². The number of rotatable bonds is 7. The van der Waals surface area contributed by atoms with E-state index in [9.17, 15) is 4.79 Å². The summed E-state index contributed by atoms with van der Waals surface area (Å²) in [5.74, 6) is 0.257. The molecule has 0 aromatic rings. The zero-order chi connectivity index (χ0) is 18.1. The highest BCUT2D eigenvalue weighted by Crippen LogP contribution is 2.21. The van der Waals surface area contributed by atoms with Crippen LogP contribution in [0.5, 0.6) is 0 Å². The summed E-state index contributed by atoms with van der Waals surface area (Å²) in [6.45, 7) is 12.2. The van der Waals surface area contributed by atoms with Crippen molar-refractivity contribution in [2.45, 2.75) is 33.1 Å². The third kappa shape index (κ3) is 6.25. The maximum Gasteiger partial charge on any atom is 0.231 e. The Hall–Kier alpha value is -1.72. The van der Waals surface area contributed by atoms with Crippen LogP contribution in [0.1, 0.15) is 33.1 Å². The van der Waals surface area contributed by atoms with E-state index in [1.54, 1.807) is 0 Å². The molecule has 0 aromatic carbocycles. The van der Waals surface area contributed by atoms with Gasteiger partial charge in [0.25, 0.3) is 0 Å². The van der Waals surface area contributed by atoms with Gasteiger partial charge in [0.1, 0.15) is 0 Å². The Morgan fingerprint density at radius 1 is 1.40 bits per heavy atom. The fourth-order valence-corrected chi connectivity index (χ4v) is 3.22. The van der Waals surface area contributed by atoms with Crippen molar-refractivity contribution < 1.29 is 9.53 Å². The molecule has 0 radical (unpaired) electrons. The molecule has 25 heavy (non-hydrogen) atoms. The number of aliphatic imine (C=N–C) groups is 1. The minimum atomic E-state index is -0.0204. The van der Waals surface area contributed by atoms with Gasteiger partial charge in [-0.15, -0.1) is 0 Å². The average Bonchev–Trinajstić information content (AvgIpc) is 3.08. The number of hydrogen-bond acceptors (Lipinski definition) is 4. The van der Waals surface area contributed by atoms with Gasteiger partial charge in [-0.1, -0.05) is 18.7 Å². The van der Waals surface area contributed by atoms with Gasteiger partial charge in [-0.05, 0) is 44.8 Å². The molecule has 0 bridgehead atoms. The van der Waals surface area contributed by atoms with Gasteiger partial charge in [-0.2, -0.15) is 0 Å². The van der Waals surface area contributed by atoms with Crippen LogP contribution in [0.4, 0.5) is 0 Å². The van der Waals surface area contributed by atoms with Crippen molar-refractivity contribution in [1.29, 1.82) is 0 Å². The van der Waals surface area contributed by atoms with Crippen LogP contribution in [-0.2, 0) is 9.53 Å². The Kier molecular flexibility index (Phi) is 8.09. The number of amides is 1. The largest absolute Gasteiger partial charge is 0.375 e. The van der Waals surface area contributed by atoms with Gasteiger partial charge in [0.15, 0.2) is 0 Å². The van der Waals surface area contributed by atoms with Crippen molar-refractivity contribution in [3.63, 3.8) is 0 Å². The molecule has 0 saturated carbocycles. The highest BCUT2D eigenvalue weighted by atomic mass is 16.5. The zero-order valence-electron chi connectivity index (χ0n) is 15.6. The van der Waals surface area contributed by atoms with Crippen LogP contribution in [0.2, 0.25) is 0 Å². The normalized spacial score (nSPS) is 23.6. The van der Waals surface area contributed by atoms with Gasteiger partial charge < -0.3 is 15.0 Å². The summed E-state index contributed by atoms with van der Waals surface area (Å²) in [6, 6.07) is 0. The zero-order valence-corrected chi connectivity index (χ0v) is 15.6. The molecule has 138 valence electrons. The van der Waals surface area contributed by atoms with Crippen LogP contribution in [0.3, 0.4) is 0 Å². The highest BCUT2D eigenvalue weighted by molar-refractivity contribution is 5.93. The Bertz CT molecular complexity index is 557. The number of piperidine rings is 1. The first-order valence-corrected chi connectivity index (χ1v) is 9.29. The highest BCUT2D eigenvalue weighted by Gasteiger charge is 2.31. The summed E-state index contributed by atoms with van der Waals surface area (Å²) in [4.78, 5) is 19.2. The van der Waals surface area contributed by atoms with Crippen molar-refractivity contribution in [2.24, 2.45) is 10.9 Å². The lowest BCUT2D eigenvalue weighted by Gasteiger charge is -2.29. The van der Waals surface area contributed by atoms with Gasteiger partial charge in [0.2, 0.25) is 5.91 Å². The molecule has 2 aliphatic rings. The fraction of sp³-hybridized carbons (Fsp3) is 0.600. The molecular formula is C20H31N3O2. The molecule has 2 fully saturated rings. The van der Waals surface area contributed by atoms with E-state index in [1.165, 1.54) is 6.42 Å². The van der Waals surface area contributed by atoms with E-state index in [2.05, 4.69) is 23.0 Å². The lowest BCUT2D eigenvalue weighted by Crippen LogP contribution is -2.40. The maximum absolute atomic E-state index is 12.7. The Morgan fingerprint density at radius 2 is 2.16 bits per heavy atom. The number of carbonyl (C=O) groups is 1. The molecule has 1 unspecified atom stereocenters. The molecule has 0 aromatic heterocycles. The van der Waals surface area contributed by atoms with E-state index in [-0.39, 0.29) is 11.8 Å². The second-order valence-corrected chi connectivity index (χ2v) is 6.63. The van der Waals surface area contributed by atoms with Crippen LogP contribution >= 0.6 is 0 Å². The molecular weight excluding hydrogens is 314 g/mol. The van der Waals surface area contributed by atoms with Gasteiger partial charge in [-0.25, -0.2) is 0 Å². The number of likely N-dealkylation sites (tertiary alicyclic amines) is 1. The maximum atomic E-state index is 12.7. The van der Waals surface area contributed by atoms with Crippen LogP contribution < -0.4 is 5.32 Å². The molecule has 0 spiro atoms. The average molecular weight is 345 g/mol. The first-order valence-electron chi connectivity index (χ1n) is 9.29. The summed E-state index contributed by atoms with van der Waals surface area (Å²) >= 11 is 0. The van der Waals surface area contributed by atoms with E-state index >= 15 is 0 Å². The Morgan fingerprint density at radius 3 is 2.88 bits per heavy atom. The fourth-order valence-electron chi connectivity index (χ4n) is 3.22. The Labute approximate surface area is 151 Å². The van der Waals surface area contributed by atoms with E-state index in [0.29, 0.717) is 13.2 Å². The summed E-state index contributed by atoms with van der Waals surface area (Å²) in [6.07, 6.45) is 9.48. The second-order valence-electron chi connectivity index (χ2n) is 6.63. The van der Waals surface area contributed by atoms with E-state index in [4.69, 9.17) is 4.74 Å². The molecule has 1 N–H and O–H groups in total. The molecule has 2 aliphatic heterocycles. The van der Waals surface area contributed by atoms with Gasteiger partial charge >= 0.3 is 0 Å². The number of hydrogen-bond donors (Lipinski definition) is 1. The topological polar surface area (TPSA) is 53.9 Å². The molecule has 1 atom stereocenters. The monoisotopic (exact) mass is 345 g/mol. The lowest BCUT2D eigenvalue weighted by atomic mass is 9.99. The number of allylic oxidation sites excluding steroid dienone is 3. The van der Waals surface area contributed by atoms with Crippen LogP contribution in [0, 0.1) is 5.92 Å². The number of nitrogens with one attached hydrogen (secondary N) is 1. The number of ether oxygens (including phenoxy) is 1. The predicted molar refractivity (Wildman–Crippen MR) is 103 cm³/mol. The van der Waals surface area contributed by atoms with E-state index in [0.717, 1.165) is 56.0 Å². The second kappa shape index (κ2) is 10.3. The molecule has 5 heteroatoms. The van der Waals surface area contributed by atoms with Crippen molar-refractivity contribution in [1.82, 2.24) is 10.2 Å². The van der Waals surface area contributed by atoms with Crippen LogP contribution in [0.15, 0.2) is 41.1 Å². The Balaban J connectivity index is 1.93. The summed E-state index contributed by atoms with van der Waals surface area (Å²) in [5.41, 5.74) is 2.76. The third-order valence-electron chi connectivity index (χ3n) is 4.55. The van der Waals surface area contributed by atoms with Crippen molar-refractivity contribution >= 4 is 11.6 Å². The summed E-state index contributed by atoms with van der Waals surface area (Å²) in [5, 5.41) is 3.33. The minimum Gasteiger partial charge on any atom is -0.375 e. The minimum absolute atomic E-state index is 0.0204. The summed E-state index contributed by atoms with van der Waals surface area (Å²) in [7, 11) is 0. The smallest absolute Gasteiger partial charge is 0.231 e. The third-order valence-corrected chi connectivity index (χ3v) is 4.55. The quantitative estimate of drug-likeness (QED) is 0.722. The van der Waals surface area contributed by atoms with Gasteiger partial charge in [-0.3, -0.25) is 9.79 Å². The van der Waals surface area contributed by atoms with Gasteiger partial charge in [0, 0.05) is 38.5 Å². The molecule has 5 nitrogen and oxygen atoms in total.